The Hall–Kier alpha value is -2.96. The third kappa shape index (κ3) is 6.49. The highest BCUT2D eigenvalue weighted by atomic mass is 79.9. The molecule has 0 radical (unpaired) electrons. The second kappa shape index (κ2) is 12.5. The summed E-state index contributed by atoms with van der Waals surface area (Å²) in [5.74, 6) is -0.467. The predicted molar refractivity (Wildman–Crippen MR) is 143 cm³/mol. The van der Waals surface area contributed by atoms with Gasteiger partial charge in [-0.25, -0.2) is 0 Å². The zero-order chi connectivity index (χ0) is 26.3. The third-order valence-corrected chi connectivity index (χ3v) is 8.58. The van der Waals surface area contributed by atoms with Crippen molar-refractivity contribution in [3.63, 3.8) is 0 Å². The summed E-state index contributed by atoms with van der Waals surface area (Å²) in [7, 11) is -4.77. The molecule has 0 aliphatic rings. The summed E-state index contributed by atoms with van der Waals surface area (Å²) in [6.45, 7) is 0. The number of benzene rings is 4. The van der Waals surface area contributed by atoms with Gasteiger partial charge in [0, 0.05) is 10.0 Å². The Morgan fingerprint density at radius 3 is 1.89 bits per heavy atom. The quantitative estimate of drug-likeness (QED) is 0.130. The fourth-order valence-corrected chi connectivity index (χ4v) is 6.48. The highest BCUT2D eigenvalue weighted by molar-refractivity contribution is 9.10. The Balaban J connectivity index is 1.68. The van der Waals surface area contributed by atoms with Crippen LogP contribution >= 0.6 is 23.5 Å². The summed E-state index contributed by atoms with van der Waals surface area (Å²) in [5, 5.41) is 0. The molecular formula is C29H24BrF2O4P. The minimum atomic E-state index is -4.77. The lowest BCUT2D eigenvalue weighted by atomic mass is 9.85. The summed E-state index contributed by atoms with van der Waals surface area (Å²) in [6, 6.07) is 32.6. The predicted octanol–water partition coefficient (Wildman–Crippen LogP) is 8.94. The van der Waals surface area contributed by atoms with Crippen LogP contribution in [0.15, 0.2) is 114 Å². The first-order valence-corrected chi connectivity index (χ1v) is 14.0. The number of carbonyl (C=O) groups excluding carboxylic acids is 1. The molecule has 0 amide bonds. The van der Waals surface area contributed by atoms with Crippen LogP contribution in [-0.2, 0) is 26.9 Å². The molecule has 4 aromatic rings. The summed E-state index contributed by atoms with van der Waals surface area (Å²) < 4.78 is 47.1. The molecule has 4 aromatic carbocycles. The molecule has 190 valence electrons. The SMILES string of the molecule is O=C(c1ccccc1)C(Cc1ccc(C(Cc2ccccc2)P(=O)(OF)OF)c(Br)c1)c1ccccc1. The van der Waals surface area contributed by atoms with Crippen LogP contribution in [-0.4, -0.2) is 5.78 Å². The number of hydrogen-bond acceptors (Lipinski definition) is 4. The Kier molecular flexibility index (Phi) is 9.17. The number of hydrogen-bond donors (Lipinski definition) is 0. The van der Waals surface area contributed by atoms with Gasteiger partial charge in [0.25, 0.3) is 0 Å². The maximum Gasteiger partial charge on any atom is 0.402 e. The van der Waals surface area contributed by atoms with Crippen molar-refractivity contribution in [3.8, 4) is 0 Å². The summed E-state index contributed by atoms with van der Waals surface area (Å²) in [6.07, 6.45) is 0.403. The Bertz CT molecular complexity index is 1360. The Morgan fingerprint density at radius 1 is 0.757 bits per heavy atom. The van der Waals surface area contributed by atoms with Gasteiger partial charge in [0.1, 0.15) is 0 Å². The van der Waals surface area contributed by atoms with Crippen LogP contribution in [0.25, 0.3) is 0 Å². The van der Waals surface area contributed by atoms with Gasteiger partial charge < -0.3 is 0 Å². The largest absolute Gasteiger partial charge is 0.402 e. The van der Waals surface area contributed by atoms with Crippen molar-refractivity contribution in [3.05, 3.63) is 141 Å². The topological polar surface area (TPSA) is 52.6 Å². The highest BCUT2D eigenvalue weighted by Crippen LogP contribution is 2.63. The van der Waals surface area contributed by atoms with Crippen LogP contribution < -0.4 is 0 Å². The number of rotatable bonds is 11. The van der Waals surface area contributed by atoms with Gasteiger partial charge in [-0.3, -0.25) is 9.36 Å². The zero-order valence-electron chi connectivity index (χ0n) is 19.7. The van der Waals surface area contributed by atoms with E-state index in [1.54, 1.807) is 60.7 Å². The highest BCUT2D eigenvalue weighted by Gasteiger charge is 2.41. The second-order valence-corrected chi connectivity index (χ2v) is 11.5. The molecule has 0 bridgehead atoms. The summed E-state index contributed by atoms with van der Waals surface area (Å²) in [5.41, 5.74) is 2.11. The fraction of sp³-hybridized carbons (Fsp3) is 0.138. The van der Waals surface area contributed by atoms with Crippen LogP contribution in [0.1, 0.15) is 44.2 Å². The number of Topliss-reactive ketones (excluding diaryl/α,β-unsaturated/α-hetero) is 1. The first-order valence-electron chi connectivity index (χ1n) is 11.6. The molecule has 0 aromatic heterocycles. The third-order valence-electron chi connectivity index (χ3n) is 6.29. The van der Waals surface area contributed by atoms with E-state index in [4.69, 9.17) is 0 Å². The van der Waals surface area contributed by atoms with E-state index in [9.17, 15) is 18.4 Å². The average molecular weight is 585 g/mol. The smallest absolute Gasteiger partial charge is 0.293 e. The van der Waals surface area contributed by atoms with Crippen LogP contribution in [0.4, 0.5) is 9.05 Å². The normalized spacial score (nSPS) is 13.2. The lowest BCUT2D eigenvalue weighted by molar-refractivity contribution is -0.0906. The van der Waals surface area contributed by atoms with Gasteiger partial charge in [-0.15, -0.1) is 9.46 Å². The van der Waals surface area contributed by atoms with E-state index in [1.807, 2.05) is 48.5 Å². The molecular weight excluding hydrogens is 561 g/mol. The van der Waals surface area contributed by atoms with Gasteiger partial charge in [0.05, 0.1) is 11.6 Å². The molecule has 0 heterocycles. The molecule has 0 saturated heterocycles. The van der Waals surface area contributed by atoms with E-state index in [-0.39, 0.29) is 12.2 Å². The summed E-state index contributed by atoms with van der Waals surface area (Å²) in [4.78, 5) is 13.5. The number of ketones is 1. The maximum absolute atomic E-state index is 13.5. The molecule has 4 nitrogen and oxygen atoms in total. The van der Waals surface area contributed by atoms with Gasteiger partial charge in [-0.1, -0.05) is 119 Å². The molecule has 0 fully saturated rings. The van der Waals surface area contributed by atoms with Gasteiger partial charge in [0.2, 0.25) is 0 Å². The van der Waals surface area contributed by atoms with Crippen LogP contribution in [0.5, 0.6) is 0 Å². The second-order valence-electron chi connectivity index (χ2n) is 8.64. The van der Waals surface area contributed by atoms with Crippen molar-refractivity contribution < 1.29 is 27.9 Å². The van der Waals surface area contributed by atoms with Crippen molar-refractivity contribution in [2.24, 2.45) is 0 Å². The van der Waals surface area contributed by atoms with E-state index in [1.165, 1.54) is 0 Å². The first-order chi connectivity index (χ1) is 17.9. The molecule has 4 rings (SSSR count). The molecule has 2 atom stereocenters. The van der Waals surface area contributed by atoms with Gasteiger partial charge in [0.15, 0.2) is 5.78 Å². The van der Waals surface area contributed by atoms with E-state index in [2.05, 4.69) is 25.4 Å². The monoisotopic (exact) mass is 584 g/mol. The molecule has 0 aliphatic heterocycles. The van der Waals surface area contributed by atoms with E-state index < -0.39 is 19.2 Å². The standard InChI is InChI=1S/C29H24BrF2O4P/c30-27-19-22(18-26(23-12-6-2-7-13-23)29(33)24-14-8-3-9-15-24)16-17-25(27)28(37(34,35-31)36-32)20-21-10-4-1-5-11-21/h1-17,19,26,28H,18,20H2. The minimum absolute atomic E-state index is 0.0169. The Morgan fingerprint density at radius 2 is 1.32 bits per heavy atom. The van der Waals surface area contributed by atoms with Crippen molar-refractivity contribution in [1.29, 1.82) is 0 Å². The first kappa shape index (κ1) is 27.1. The minimum Gasteiger partial charge on any atom is -0.293 e. The molecule has 0 aliphatic carbocycles. The number of halogens is 3. The average Bonchev–Trinajstić information content (AvgIpc) is 2.96. The fourth-order valence-electron chi connectivity index (χ4n) is 4.39. The molecule has 8 heteroatoms. The summed E-state index contributed by atoms with van der Waals surface area (Å²) >= 11 is 3.48. The van der Waals surface area contributed by atoms with Crippen molar-refractivity contribution >= 4 is 29.3 Å². The molecule has 2 unspecified atom stereocenters. The van der Waals surface area contributed by atoms with Gasteiger partial charge in [-0.05, 0) is 50.2 Å². The molecule has 0 saturated carbocycles. The van der Waals surface area contributed by atoms with E-state index in [0.717, 1.165) is 11.1 Å². The van der Waals surface area contributed by atoms with Crippen LogP contribution in [0.3, 0.4) is 0 Å². The maximum atomic E-state index is 13.5. The number of carbonyl (C=O) groups is 1. The van der Waals surface area contributed by atoms with Crippen molar-refractivity contribution in [2.45, 2.75) is 24.4 Å². The van der Waals surface area contributed by atoms with Gasteiger partial charge in [-0.2, -0.15) is 0 Å². The van der Waals surface area contributed by atoms with Gasteiger partial charge >= 0.3 is 7.60 Å². The van der Waals surface area contributed by atoms with Crippen molar-refractivity contribution in [2.75, 3.05) is 0 Å². The Labute approximate surface area is 222 Å². The molecule has 37 heavy (non-hydrogen) atoms. The lowest BCUT2D eigenvalue weighted by Gasteiger charge is -2.23. The van der Waals surface area contributed by atoms with Crippen LogP contribution in [0, 0.1) is 0 Å². The van der Waals surface area contributed by atoms with Crippen LogP contribution in [0.2, 0.25) is 0 Å². The lowest BCUT2D eigenvalue weighted by Crippen LogP contribution is -2.16. The zero-order valence-corrected chi connectivity index (χ0v) is 22.2. The van der Waals surface area contributed by atoms with E-state index in [0.29, 0.717) is 27.6 Å². The molecule has 0 spiro atoms. The van der Waals surface area contributed by atoms with Crippen molar-refractivity contribution in [1.82, 2.24) is 0 Å². The van der Waals surface area contributed by atoms with E-state index >= 15 is 0 Å². The molecule has 0 N–H and O–H groups in total.